The summed E-state index contributed by atoms with van der Waals surface area (Å²) in [7, 11) is 0. The van der Waals surface area contributed by atoms with Crippen LogP contribution in [0.4, 0.5) is 0 Å². The largest absolute Gasteiger partial charge is 0.416 e. The van der Waals surface area contributed by atoms with Crippen LogP contribution >= 0.6 is 0 Å². The minimum Gasteiger partial charge on any atom is -0.416 e. The van der Waals surface area contributed by atoms with Crippen molar-refractivity contribution >= 4 is 5.57 Å². The Balaban J connectivity index is 1.38. The molecule has 176 valence electrons. The second-order valence-electron chi connectivity index (χ2n) is 9.90. The van der Waals surface area contributed by atoms with Crippen molar-refractivity contribution in [2.24, 2.45) is 5.92 Å². The monoisotopic (exact) mass is 464 g/mol. The van der Waals surface area contributed by atoms with E-state index in [1.54, 1.807) is 0 Å². The third-order valence-corrected chi connectivity index (χ3v) is 6.29. The fourth-order valence-electron chi connectivity index (χ4n) is 4.13. The van der Waals surface area contributed by atoms with E-state index < -0.39 is 0 Å². The molecule has 6 heteroatoms. The van der Waals surface area contributed by atoms with Gasteiger partial charge in [-0.25, -0.2) is 0 Å². The van der Waals surface area contributed by atoms with Crippen LogP contribution in [0.3, 0.4) is 0 Å². The molecule has 1 atom stereocenters. The molecule has 2 aromatic carbocycles. The van der Waals surface area contributed by atoms with E-state index >= 15 is 0 Å². The highest BCUT2D eigenvalue weighted by Gasteiger charge is 2.20. The molecule has 0 amide bonds. The zero-order chi connectivity index (χ0) is 24.6. The van der Waals surface area contributed by atoms with E-state index in [9.17, 15) is 0 Å². The first-order valence-electron chi connectivity index (χ1n) is 11.7. The van der Waals surface area contributed by atoms with Gasteiger partial charge in [-0.05, 0) is 59.2 Å². The van der Waals surface area contributed by atoms with E-state index in [1.807, 2.05) is 48.6 Å². The van der Waals surface area contributed by atoms with Crippen molar-refractivity contribution in [1.82, 2.24) is 20.4 Å². The predicted octanol–water partition coefficient (Wildman–Crippen LogP) is 7.29. The van der Waals surface area contributed by atoms with E-state index in [2.05, 4.69) is 72.9 Å². The highest BCUT2D eigenvalue weighted by atomic mass is 16.4. The lowest BCUT2D eigenvalue weighted by atomic mass is 9.87. The van der Waals surface area contributed by atoms with Gasteiger partial charge in [-0.2, -0.15) is 0 Å². The van der Waals surface area contributed by atoms with Crippen molar-refractivity contribution in [1.29, 1.82) is 0 Å². The number of hydrogen-bond acceptors (Lipinski definition) is 6. The Morgan fingerprint density at radius 2 is 1.37 bits per heavy atom. The Morgan fingerprint density at radius 1 is 0.800 bits per heavy atom. The van der Waals surface area contributed by atoms with Gasteiger partial charge in [-0.15, -0.1) is 20.4 Å². The second-order valence-corrected chi connectivity index (χ2v) is 9.90. The van der Waals surface area contributed by atoms with Gasteiger partial charge in [0.05, 0.1) is 0 Å². The maximum Gasteiger partial charge on any atom is 0.248 e. The lowest BCUT2D eigenvalue weighted by Gasteiger charge is -2.18. The molecule has 0 saturated heterocycles. The zero-order valence-electron chi connectivity index (χ0n) is 20.4. The molecule has 0 fully saturated rings. The van der Waals surface area contributed by atoms with E-state index in [-0.39, 0.29) is 5.41 Å². The standard InChI is InChI=1S/C29H28N4O2/c1-6-19-10-11-23(16-18(19)2)28-33-32-27(35-28)22-9-7-8-21(17-22)26-31-30-25(34-26)20-12-14-24(15-13-20)29(3,4)5/h6-15,17-18H,1,16H2,2-5H3. The van der Waals surface area contributed by atoms with Gasteiger partial charge in [0.25, 0.3) is 0 Å². The number of allylic oxidation sites excluding steroid dienone is 5. The summed E-state index contributed by atoms with van der Waals surface area (Å²) in [5, 5.41) is 17.1. The van der Waals surface area contributed by atoms with Gasteiger partial charge < -0.3 is 8.83 Å². The Labute approximate surface area is 205 Å². The van der Waals surface area contributed by atoms with Crippen LogP contribution in [-0.4, -0.2) is 20.4 Å². The Kier molecular flexibility index (Phi) is 5.81. The van der Waals surface area contributed by atoms with Crippen molar-refractivity contribution in [3.8, 4) is 34.4 Å². The topological polar surface area (TPSA) is 77.8 Å². The van der Waals surface area contributed by atoms with E-state index in [1.165, 1.54) is 11.1 Å². The SMILES string of the molecule is C=CC1=CC=C(c2nnc(-c3cccc(-c4nnc(-c5ccc(C(C)(C)C)cc5)o4)c3)o2)CC1C. The van der Waals surface area contributed by atoms with E-state index in [4.69, 9.17) is 8.83 Å². The summed E-state index contributed by atoms with van der Waals surface area (Å²) in [6.07, 6.45) is 6.82. The molecule has 1 aliphatic carbocycles. The van der Waals surface area contributed by atoms with Crippen LogP contribution in [0.25, 0.3) is 39.9 Å². The molecule has 35 heavy (non-hydrogen) atoms. The van der Waals surface area contributed by atoms with Crippen LogP contribution in [-0.2, 0) is 5.41 Å². The van der Waals surface area contributed by atoms with Crippen LogP contribution in [0.15, 0.2) is 87.7 Å². The van der Waals surface area contributed by atoms with Crippen molar-refractivity contribution in [3.63, 3.8) is 0 Å². The van der Waals surface area contributed by atoms with Crippen molar-refractivity contribution in [3.05, 3.63) is 90.4 Å². The third-order valence-electron chi connectivity index (χ3n) is 6.29. The molecule has 0 bridgehead atoms. The number of rotatable bonds is 5. The summed E-state index contributed by atoms with van der Waals surface area (Å²) >= 11 is 0. The molecule has 0 saturated carbocycles. The molecule has 2 heterocycles. The molecular formula is C29H28N4O2. The summed E-state index contributed by atoms with van der Waals surface area (Å²) in [5.41, 5.74) is 6.05. The lowest BCUT2D eigenvalue weighted by molar-refractivity contribution is 0.544. The van der Waals surface area contributed by atoms with Gasteiger partial charge >= 0.3 is 0 Å². The minimum atomic E-state index is 0.0879. The second kappa shape index (κ2) is 8.95. The Hall–Kier alpha value is -4.06. The van der Waals surface area contributed by atoms with Gasteiger partial charge in [0, 0.05) is 22.3 Å². The molecule has 1 aliphatic rings. The zero-order valence-corrected chi connectivity index (χ0v) is 20.4. The third kappa shape index (κ3) is 4.64. The summed E-state index contributed by atoms with van der Waals surface area (Å²) in [4.78, 5) is 0. The first kappa shape index (κ1) is 22.7. The Morgan fingerprint density at radius 3 is 1.94 bits per heavy atom. The molecule has 0 N–H and O–H groups in total. The van der Waals surface area contributed by atoms with Crippen LogP contribution in [0.2, 0.25) is 0 Å². The highest BCUT2D eigenvalue weighted by Crippen LogP contribution is 2.33. The van der Waals surface area contributed by atoms with Crippen LogP contribution in [0, 0.1) is 5.92 Å². The molecule has 0 spiro atoms. The maximum atomic E-state index is 6.02. The van der Waals surface area contributed by atoms with Crippen LogP contribution in [0.5, 0.6) is 0 Å². The quantitative estimate of drug-likeness (QED) is 0.309. The van der Waals surface area contributed by atoms with Gasteiger partial charge in [0.1, 0.15) is 0 Å². The summed E-state index contributed by atoms with van der Waals surface area (Å²) in [5.74, 6) is 2.27. The fourth-order valence-corrected chi connectivity index (χ4v) is 4.13. The van der Waals surface area contributed by atoms with Crippen molar-refractivity contribution < 1.29 is 8.83 Å². The highest BCUT2D eigenvalue weighted by molar-refractivity contribution is 5.67. The normalized spacial score (nSPS) is 16.1. The maximum absolute atomic E-state index is 6.02. The Bertz CT molecular complexity index is 1430. The van der Waals surface area contributed by atoms with Gasteiger partial charge in [-0.3, -0.25) is 0 Å². The first-order chi connectivity index (χ1) is 16.8. The van der Waals surface area contributed by atoms with Gasteiger partial charge in [0.2, 0.25) is 23.6 Å². The average Bonchev–Trinajstić information content (AvgIpc) is 3.54. The molecule has 2 aromatic heterocycles. The fraction of sp³-hybridized carbons (Fsp3) is 0.241. The van der Waals surface area contributed by atoms with Crippen LogP contribution < -0.4 is 0 Å². The molecule has 6 nitrogen and oxygen atoms in total. The molecule has 5 rings (SSSR count). The van der Waals surface area contributed by atoms with E-state index in [0.29, 0.717) is 29.5 Å². The van der Waals surface area contributed by atoms with Gasteiger partial charge in [0.15, 0.2) is 0 Å². The molecule has 0 aliphatic heterocycles. The molecule has 4 aromatic rings. The van der Waals surface area contributed by atoms with Crippen LogP contribution in [0.1, 0.15) is 45.6 Å². The van der Waals surface area contributed by atoms with Crippen molar-refractivity contribution in [2.75, 3.05) is 0 Å². The summed E-state index contributed by atoms with van der Waals surface area (Å²) < 4.78 is 12.0. The first-order valence-corrected chi connectivity index (χ1v) is 11.7. The molecule has 0 radical (unpaired) electrons. The number of aromatic nitrogens is 4. The average molecular weight is 465 g/mol. The van der Waals surface area contributed by atoms with Gasteiger partial charge in [-0.1, -0.05) is 70.7 Å². The number of benzene rings is 2. The van der Waals surface area contributed by atoms with E-state index in [0.717, 1.165) is 28.7 Å². The molecular weight excluding hydrogens is 436 g/mol. The van der Waals surface area contributed by atoms with Crippen molar-refractivity contribution in [2.45, 2.75) is 39.5 Å². The predicted molar refractivity (Wildman–Crippen MR) is 137 cm³/mol. The smallest absolute Gasteiger partial charge is 0.248 e. The number of hydrogen-bond donors (Lipinski definition) is 0. The molecule has 1 unspecified atom stereocenters. The summed E-state index contributed by atoms with van der Waals surface area (Å²) in [6.45, 7) is 12.6. The number of nitrogens with zero attached hydrogens (tertiary/aromatic N) is 4. The minimum absolute atomic E-state index is 0.0879. The lowest BCUT2D eigenvalue weighted by Crippen LogP contribution is -2.10. The summed E-state index contributed by atoms with van der Waals surface area (Å²) in [6, 6.07) is 15.9.